The molecule has 1 aromatic carbocycles. The van der Waals surface area contributed by atoms with Gasteiger partial charge in [-0.15, -0.1) is 0 Å². The Balaban J connectivity index is 3.05. The van der Waals surface area contributed by atoms with E-state index in [1.54, 1.807) is 0 Å². The summed E-state index contributed by atoms with van der Waals surface area (Å²) in [5.74, 6) is -0.374. The minimum absolute atomic E-state index is 0.0435. The van der Waals surface area contributed by atoms with Gasteiger partial charge in [-0.3, -0.25) is 4.79 Å². The number of benzene rings is 1. The number of nitrogens with zero attached hydrogens (tertiary/aromatic N) is 1. The summed E-state index contributed by atoms with van der Waals surface area (Å²) in [4.78, 5) is 12.9. The number of aliphatic hydroxyl groups is 1. The lowest BCUT2D eigenvalue weighted by Crippen LogP contribution is -2.39. The molecule has 0 bridgehead atoms. The smallest absolute Gasteiger partial charge is 0.236 e. The Morgan fingerprint density at radius 1 is 1.44 bits per heavy atom. The van der Waals surface area contributed by atoms with Crippen molar-refractivity contribution in [3.8, 4) is 0 Å². The summed E-state index contributed by atoms with van der Waals surface area (Å²) in [6.07, 6.45) is 0. The molecule has 0 aromatic heterocycles. The van der Waals surface area contributed by atoms with Gasteiger partial charge in [0.05, 0.1) is 13.2 Å². The summed E-state index contributed by atoms with van der Waals surface area (Å²) < 4.78 is 0. The fraction of sp³-hybridized carbons (Fsp3) is 0.417. The van der Waals surface area contributed by atoms with E-state index in [1.165, 1.54) is 0 Å². The van der Waals surface area contributed by atoms with E-state index >= 15 is 0 Å². The lowest BCUT2D eigenvalue weighted by atomic mass is 10.1. The van der Waals surface area contributed by atoms with Crippen LogP contribution in [-0.2, 0) is 11.4 Å². The number of primary amides is 1. The van der Waals surface area contributed by atoms with E-state index in [9.17, 15) is 9.90 Å². The molecule has 1 rings (SSSR count). The van der Waals surface area contributed by atoms with Crippen LogP contribution in [0.1, 0.15) is 19.4 Å². The van der Waals surface area contributed by atoms with Gasteiger partial charge in [0.2, 0.25) is 5.91 Å². The first-order chi connectivity index (χ1) is 7.56. The molecule has 4 heteroatoms. The molecule has 3 N–H and O–H groups in total. The highest BCUT2D eigenvalue weighted by Gasteiger charge is 2.15. The number of carbonyl (C=O) groups is 1. The predicted molar refractivity (Wildman–Crippen MR) is 64.0 cm³/mol. The van der Waals surface area contributed by atoms with Crippen LogP contribution in [0, 0.1) is 0 Å². The van der Waals surface area contributed by atoms with Crippen LogP contribution in [0.4, 0.5) is 5.69 Å². The SMILES string of the molecule is CC(C)N(CC(N)=O)c1ccccc1CO. The molecule has 0 saturated carbocycles. The van der Waals surface area contributed by atoms with Crippen molar-refractivity contribution < 1.29 is 9.90 Å². The zero-order valence-corrected chi connectivity index (χ0v) is 9.68. The summed E-state index contributed by atoms with van der Waals surface area (Å²) in [5, 5.41) is 9.24. The van der Waals surface area contributed by atoms with Crippen LogP contribution in [0.15, 0.2) is 24.3 Å². The van der Waals surface area contributed by atoms with Crippen LogP contribution >= 0.6 is 0 Å². The first-order valence-corrected chi connectivity index (χ1v) is 5.30. The van der Waals surface area contributed by atoms with Gasteiger partial charge in [-0.05, 0) is 19.9 Å². The average Bonchev–Trinajstić information content (AvgIpc) is 2.25. The maximum Gasteiger partial charge on any atom is 0.236 e. The van der Waals surface area contributed by atoms with E-state index < -0.39 is 0 Å². The van der Waals surface area contributed by atoms with Crippen LogP contribution in [0.3, 0.4) is 0 Å². The number of hydrogen-bond donors (Lipinski definition) is 2. The van der Waals surface area contributed by atoms with Gasteiger partial charge in [0.25, 0.3) is 0 Å². The van der Waals surface area contributed by atoms with Gasteiger partial charge >= 0.3 is 0 Å². The molecule has 0 saturated heterocycles. The molecular formula is C12H18N2O2. The van der Waals surface area contributed by atoms with E-state index in [2.05, 4.69) is 0 Å². The van der Waals surface area contributed by atoms with Crippen molar-refractivity contribution in [3.05, 3.63) is 29.8 Å². The lowest BCUT2D eigenvalue weighted by Gasteiger charge is -2.29. The molecule has 0 fully saturated rings. The highest BCUT2D eigenvalue weighted by Crippen LogP contribution is 2.22. The maximum atomic E-state index is 11.0. The number of nitrogens with two attached hydrogens (primary N) is 1. The third-order valence-corrected chi connectivity index (χ3v) is 2.42. The molecule has 1 amide bonds. The first-order valence-electron chi connectivity index (χ1n) is 5.30. The van der Waals surface area contributed by atoms with Gasteiger partial charge in [-0.25, -0.2) is 0 Å². The van der Waals surface area contributed by atoms with Gasteiger partial charge in [-0.1, -0.05) is 18.2 Å². The molecule has 88 valence electrons. The second kappa shape index (κ2) is 5.51. The highest BCUT2D eigenvalue weighted by molar-refractivity contribution is 5.80. The Morgan fingerprint density at radius 3 is 2.56 bits per heavy atom. The quantitative estimate of drug-likeness (QED) is 0.777. The number of carbonyl (C=O) groups excluding carboxylic acids is 1. The van der Waals surface area contributed by atoms with Crippen molar-refractivity contribution in [1.29, 1.82) is 0 Å². The molecule has 4 nitrogen and oxygen atoms in total. The van der Waals surface area contributed by atoms with Crippen molar-refractivity contribution in [3.63, 3.8) is 0 Å². The molecule has 16 heavy (non-hydrogen) atoms. The zero-order valence-electron chi connectivity index (χ0n) is 9.68. The van der Waals surface area contributed by atoms with Crippen molar-refractivity contribution in [2.45, 2.75) is 26.5 Å². The zero-order chi connectivity index (χ0) is 12.1. The summed E-state index contributed by atoms with van der Waals surface area (Å²) in [6.45, 7) is 4.08. The topological polar surface area (TPSA) is 66.6 Å². The standard InChI is InChI=1S/C12H18N2O2/c1-9(2)14(7-12(13)16)11-6-4-3-5-10(11)8-15/h3-6,9,15H,7-8H2,1-2H3,(H2,13,16). The molecule has 0 spiro atoms. The minimum Gasteiger partial charge on any atom is -0.392 e. The van der Waals surface area contributed by atoms with Gasteiger partial charge < -0.3 is 15.7 Å². The summed E-state index contributed by atoms with van der Waals surface area (Å²) in [5.41, 5.74) is 6.88. The second-order valence-corrected chi connectivity index (χ2v) is 3.97. The average molecular weight is 222 g/mol. The van der Waals surface area contributed by atoms with Crippen molar-refractivity contribution in [1.82, 2.24) is 0 Å². The fourth-order valence-corrected chi connectivity index (χ4v) is 1.64. The van der Waals surface area contributed by atoms with Crippen LogP contribution in [0.5, 0.6) is 0 Å². The lowest BCUT2D eigenvalue weighted by molar-refractivity contribution is -0.116. The van der Waals surface area contributed by atoms with Crippen LogP contribution in [0.2, 0.25) is 0 Å². The monoisotopic (exact) mass is 222 g/mol. The van der Waals surface area contributed by atoms with Crippen LogP contribution < -0.4 is 10.6 Å². The summed E-state index contributed by atoms with van der Waals surface area (Å²) in [6, 6.07) is 7.61. The Bertz CT molecular complexity index is 364. The third-order valence-electron chi connectivity index (χ3n) is 2.42. The van der Waals surface area contributed by atoms with E-state index in [4.69, 9.17) is 5.73 Å². The van der Waals surface area contributed by atoms with Gasteiger partial charge in [0, 0.05) is 17.3 Å². The normalized spacial score (nSPS) is 10.5. The Labute approximate surface area is 95.7 Å². The van der Waals surface area contributed by atoms with E-state index in [1.807, 2.05) is 43.0 Å². The summed E-state index contributed by atoms with van der Waals surface area (Å²) in [7, 11) is 0. The molecule has 0 aliphatic rings. The maximum absolute atomic E-state index is 11.0. The molecule has 0 aliphatic carbocycles. The second-order valence-electron chi connectivity index (χ2n) is 3.97. The first kappa shape index (κ1) is 12.5. The molecular weight excluding hydrogens is 204 g/mol. The van der Waals surface area contributed by atoms with Crippen molar-refractivity contribution in [2.75, 3.05) is 11.4 Å². The number of anilines is 1. The number of hydrogen-bond acceptors (Lipinski definition) is 3. The largest absolute Gasteiger partial charge is 0.392 e. The molecule has 0 aliphatic heterocycles. The predicted octanol–water partition coefficient (Wildman–Crippen LogP) is 0.879. The number of rotatable bonds is 5. The van der Waals surface area contributed by atoms with Crippen molar-refractivity contribution in [2.24, 2.45) is 5.73 Å². The molecule has 1 aromatic rings. The van der Waals surface area contributed by atoms with E-state index in [0.717, 1.165) is 11.3 Å². The molecule has 0 heterocycles. The third kappa shape index (κ3) is 2.97. The molecule has 0 atom stereocenters. The van der Waals surface area contributed by atoms with Gasteiger partial charge in [-0.2, -0.15) is 0 Å². The summed E-state index contributed by atoms with van der Waals surface area (Å²) >= 11 is 0. The van der Waals surface area contributed by atoms with Crippen LogP contribution in [-0.4, -0.2) is 23.6 Å². The number of para-hydroxylation sites is 1. The van der Waals surface area contributed by atoms with E-state index in [0.29, 0.717) is 0 Å². The van der Waals surface area contributed by atoms with Gasteiger partial charge in [0.15, 0.2) is 0 Å². The van der Waals surface area contributed by atoms with E-state index in [-0.39, 0.29) is 25.1 Å². The highest BCUT2D eigenvalue weighted by atomic mass is 16.3. The fourth-order valence-electron chi connectivity index (χ4n) is 1.64. The number of aliphatic hydroxyl groups excluding tert-OH is 1. The van der Waals surface area contributed by atoms with Gasteiger partial charge in [0.1, 0.15) is 0 Å². The Hall–Kier alpha value is -1.55. The molecule has 0 unspecified atom stereocenters. The van der Waals surface area contributed by atoms with Crippen LogP contribution in [0.25, 0.3) is 0 Å². The Morgan fingerprint density at radius 2 is 2.06 bits per heavy atom. The number of amides is 1. The molecule has 0 radical (unpaired) electrons. The van der Waals surface area contributed by atoms with Crippen molar-refractivity contribution >= 4 is 11.6 Å². The Kier molecular flexibility index (Phi) is 4.31. The minimum atomic E-state index is -0.374.